The Morgan fingerprint density at radius 2 is 2.23 bits per heavy atom. The summed E-state index contributed by atoms with van der Waals surface area (Å²) in [6.45, 7) is 10.7. The summed E-state index contributed by atoms with van der Waals surface area (Å²) in [4.78, 5) is 4.63. The molecule has 3 unspecified atom stereocenters. The van der Waals surface area contributed by atoms with Gasteiger partial charge in [-0.15, -0.1) is 0 Å². The van der Waals surface area contributed by atoms with E-state index in [4.69, 9.17) is 4.74 Å². The molecule has 5 nitrogen and oxygen atoms in total. The molecule has 3 atom stereocenters. The molecule has 1 fully saturated rings. The number of rotatable bonds is 6. The molecule has 0 spiro atoms. The summed E-state index contributed by atoms with van der Waals surface area (Å²) in [6, 6.07) is 0.850. The van der Waals surface area contributed by atoms with E-state index in [1.165, 1.54) is 12.8 Å². The van der Waals surface area contributed by atoms with Crippen molar-refractivity contribution in [2.45, 2.75) is 84.5 Å². The maximum atomic E-state index is 6.05. The summed E-state index contributed by atoms with van der Waals surface area (Å²) in [5.74, 6) is 2.01. The summed E-state index contributed by atoms with van der Waals surface area (Å²) in [7, 11) is 0. The average molecular weight is 306 g/mol. The predicted molar refractivity (Wildman–Crippen MR) is 86.7 cm³/mol. The molecule has 0 bridgehead atoms. The zero-order valence-electron chi connectivity index (χ0n) is 14.4. The topological polar surface area (TPSA) is 52.0 Å². The molecule has 0 saturated heterocycles. The molecule has 1 aliphatic heterocycles. The summed E-state index contributed by atoms with van der Waals surface area (Å²) in [5, 5.41) is 8.33. The average Bonchev–Trinajstić information content (AvgIpc) is 2.86. The van der Waals surface area contributed by atoms with Gasteiger partial charge in [0.15, 0.2) is 0 Å². The molecule has 0 amide bonds. The van der Waals surface area contributed by atoms with Crippen LogP contribution >= 0.6 is 0 Å². The molecule has 124 valence electrons. The minimum absolute atomic E-state index is 0.199. The van der Waals surface area contributed by atoms with Crippen LogP contribution in [0.15, 0.2) is 0 Å². The Balaban J connectivity index is 1.59. The first-order chi connectivity index (χ1) is 10.5. The van der Waals surface area contributed by atoms with Crippen LogP contribution in [-0.2, 0) is 11.3 Å². The number of unbranched alkanes of at least 4 members (excludes halogenated alkanes) is 1. The van der Waals surface area contributed by atoms with E-state index in [9.17, 15) is 0 Å². The van der Waals surface area contributed by atoms with Crippen molar-refractivity contribution in [3.63, 3.8) is 0 Å². The van der Waals surface area contributed by atoms with Crippen molar-refractivity contribution in [3.8, 4) is 0 Å². The number of hydrogen-bond donors (Lipinski definition) is 1. The van der Waals surface area contributed by atoms with Gasteiger partial charge in [0.1, 0.15) is 11.6 Å². The molecule has 5 heteroatoms. The third kappa shape index (κ3) is 2.93. The monoisotopic (exact) mass is 306 g/mol. The zero-order valence-corrected chi connectivity index (χ0v) is 14.4. The van der Waals surface area contributed by atoms with Crippen molar-refractivity contribution in [1.82, 2.24) is 20.1 Å². The van der Waals surface area contributed by atoms with Gasteiger partial charge in [0.2, 0.25) is 0 Å². The number of aromatic nitrogens is 3. The van der Waals surface area contributed by atoms with Gasteiger partial charge < -0.3 is 10.1 Å². The Kier molecular flexibility index (Phi) is 4.55. The van der Waals surface area contributed by atoms with E-state index in [1.54, 1.807) is 0 Å². The van der Waals surface area contributed by atoms with Gasteiger partial charge in [-0.2, -0.15) is 5.10 Å². The zero-order chi connectivity index (χ0) is 15.7. The van der Waals surface area contributed by atoms with Crippen molar-refractivity contribution < 1.29 is 4.74 Å². The Morgan fingerprint density at radius 3 is 2.95 bits per heavy atom. The lowest BCUT2D eigenvalue weighted by Gasteiger charge is -2.53. The third-order valence-electron chi connectivity index (χ3n) is 5.38. The number of fused-ring (bicyclic) bond motifs is 1. The molecule has 0 radical (unpaired) electrons. The number of aryl methyl sites for hydroxylation is 2. The van der Waals surface area contributed by atoms with Crippen LogP contribution in [-0.4, -0.2) is 33.5 Å². The van der Waals surface area contributed by atoms with Crippen molar-refractivity contribution in [1.29, 1.82) is 0 Å². The SMILES string of the molecule is CCCCOC1CC(NC2CCCn3nc(C)nc32)C1(C)C. The second-order valence-electron chi connectivity index (χ2n) is 7.42. The number of hydrogen-bond acceptors (Lipinski definition) is 4. The van der Waals surface area contributed by atoms with E-state index in [0.29, 0.717) is 18.2 Å². The molecule has 1 aromatic heterocycles. The minimum atomic E-state index is 0.199. The summed E-state index contributed by atoms with van der Waals surface area (Å²) in [6.07, 6.45) is 6.20. The normalized spacial score (nSPS) is 29.9. The van der Waals surface area contributed by atoms with Gasteiger partial charge in [-0.1, -0.05) is 27.2 Å². The summed E-state index contributed by atoms with van der Waals surface area (Å²) < 4.78 is 8.13. The number of nitrogens with zero attached hydrogens (tertiary/aromatic N) is 3. The fourth-order valence-corrected chi connectivity index (χ4v) is 3.69. The number of ether oxygens (including phenoxy) is 1. The molecular formula is C17H30N4O. The van der Waals surface area contributed by atoms with Crippen LogP contribution < -0.4 is 5.32 Å². The van der Waals surface area contributed by atoms with Crippen LogP contribution in [0.25, 0.3) is 0 Å². The molecule has 0 aromatic carbocycles. The van der Waals surface area contributed by atoms with Gasteiger partial charge in [0.05, 0.1) is 12.1 Å². The van der Waals surface area contributed by atoms with Crippen LogP contribution in [0.3, 0.4) is 0 Å². The van der Waals surface area contributed by atoms with Crippen molar-refractivity contribution >= 4 is 0 Å². The second kappa shape index (κ2) is 6.28. The standard InChI is InChI=1S/C17H30N4O/c1-5-6-10-22-15-11-14(17(15,3)4)19-13-8-7-9-21-16(13)18-12(2)20-21/h13-15,19H,5-11H2,1-4H3. The van der Waals surface area contributed by atoms with E-state index in [2.05, 4.69) is 40.9 Å². The molecule has 22 heavy (non-hydrogen) atoms. The first kappa shape index (κ1) is 15.9. The summed E-state index contributed by atoms with van der Waals surface area (Å²) >= 11 is 0. The van der Waals surface area contributed by atoms with E-state index >= 15 is 0 Å². The first-order valence-electron chi connectivity index (χ1n) is 8.81. The molecule has 1 N–H and O–H groups in total. The van der Waals surface area contributed by atoms with Crippen molar-refractivity contribution in [2.24, 2.45) is 5.41 Å². The van der Waals surface area contributed by atoms with Gasteiger partial charge >= 0.3 is 0 Å². The molecule has 1 aromatic rings. The molecule has 3 rings (SSSR count). The first-order valence-corrected chi connectivity index (χ1v) is 8.81. The van der Waals surface area contributed by atoms with Gasteiger partial charge in [0, 0.05) is 24.6 Å². The Hall–Kier alpha value is -0.940. The lowest BCUT2D eigenvalue weighted by atomic mass is 9.64. The molecule has 2 heterocycles. The smallest absolute Gasteiger partial charge is 0.147 e. The highest BCUT2D eigenvalue weighted by atomic mass is 16.5. The molecule has 1 saturated carbocycles. The third-order valence-corrected chi connectivity index (χ3v) is 5.38. The predicted octanol–water partition coefficient (Wildman–Crippen LogP) is 2.99. The lowest BCUT2D eigenvalue weighted by molar-refractivity contribution is -0.121. The van der Waals surface area contributed by atoms with Gasteiger partial charge in [-0.3, -0.25) is 0 Å². The van der Waals surface area contributed by atoms with E-state index < -0.39 is 0 Å². The van der Waals surface area contributed by atoms with Gasteiger partial charge in [-0.05, 0) is 32.6 Å². The lowest BCUT2D eigenvalue weighted by Crippen LogP contribution is -2.61. The van der Waals surface area contributed by atoms with Crippen molar-refractivity contribution in [3.05, 3.63) is 11.6 Å². The van der Waals surface area contributed by atoms with Gasteiger partial charge in [-0.25, -0.2) is 9.67 Å². The molecular weight excluding hydrogens is 276 g/mol. The van der Waals surface area contributed by atoms with Crippen molar-refractivity contribution in [2.75, 3.05) is 6.61 Å². The van der Waals surface area contributed by atoms with E-state index in [1.807, 2.05) is 6.92 Å². The van der Waals surface area contributed by atoms with Crippen LogP contribution in [0.2, 0.25) is 0 Å². The summed E-state index contributed by atoms with van der Waals surface area (Å²) in [5.41, 5.74) is 0.199. The highest BCUT2D eigenvalue weighted by Crippen LogP contribution is 2.44. The minimum Gasteiger partial charge on any atom is -0.378 e. The molecule has 1 aliphatic carbocycles. The van der Waals surface area contributed by atoms with E-state index in [-0.39, 0.29) is 5.41 Å². The maximum absolute atomic E-state index is 6.05. The highest BCUT2D eigenvalue weighted by molar-refractivity contribution is 5.08. The maximum Gasteiger partial charge on any atom is 0.147 e. The number of nitrogens with one attached hydrogen (secondary N) is 1. The fourth-order valence-electron chi connectivity index (χ4n) is 3.69. The van der Waals surface area contributed by atoms with E-state index in [0.717, 1.165) is 44.1 Å². The van der Waals surface area contributed by atoms with Crippen LogP contribution in [0.4, 0.5) is 0 Å². The van der Waals surface area contributed by atoms with Crippen LogP contribution in [0.5, 0.6) is 0 Å². The Bertz CT molecular complexity index is 511. The Morgan fingerprint density at radius 1 is 1.41 bits per heavy atom. The largest absolute Gasteiger partial charge is 0.378 e. The Labute approximate surface area is 133 Å². The molecule has 2 aliphatic rings. The highest BCUT2D eigenvalue weighted by Gasteiger charge is 2.49. The van der Waals surface area contributed by atoms with Crippen LogP contribution in [0, 0.1) is 12.3 Å². The second-order valence-corrected chi connectivity index (χ2v) is 7.42. The quantitative estimate of drug-likeness (QED) is 0.821. The van der Waals surface area contributed by atoms with Crippen LogP contribution in [0.1, 0.15) is 70.6 Å². The fraction of sp³-hybridized carbons (Fsp3) is 0.882. The van der Waals surface area contributed by atoms with Gasteiger partial charge in [0.25, 0.3) is 0 Å².